The van der Waals surface area contributed by atoms with Gasteiger partial charge in [-0.25, -0.2) is 0 Å². The molecule has 1 N–H and O–H groups in total. The smallest absolute Gasteiger partial charge is 0.179 e. The molecule has 19 heavy (non-hydrogen) atoms. The van der Waals surface area contributed by atoms with E-state index >= 15 is 0 Å². The minimum absolute atomic E-state index is 0.430. The van der Waals surface area contributed by atoms with Gasteiger partial charge in [-0.3, -0.25) is 0 Å². The van der Waals surface area contributed by atoms with Crippen molar-refractivity contribution in [3.63, 3.8) is 0 Å². The van der Waals surface area contributed by atoms with E-state index in [1.54, 1.807) is 12.1 Å². The number of benzene rings is 1. The average molecular weight is 287 g/mol. The summed E-state index contributed by atoms with van der Waals surface area (Å²) in [5, 5.41) is 12.0. The van der Waals surface area contributed by atoms with Crippen LogP contribution in [0.1, 0.15) is 12.5 Å². The fraction of sp³-hybridized carbons (Fsp3) is 0.462. The number of hydrogen-bond donors (Lipinski definition) is 1. The SMILES string of the molecule is CCOc1cc(C=NO)cc(Cl)c1OCCN(C)C. The van der Waals surface area contributed by atoms with E-state index in [0.29, 0.717) is 35.3 Å². The number of likely N-dealkylation sites (N-methyl/N-ethyl adjacent to an activating group) is 1. The van der Waals surface area contributed by atoms with Crippen molar-refractivity contribution < 1.29 is 14.7 Å². The molecule has 0 bridgehead atoms. The third-order valence-corrected chi connectivity index (χ3v) is 2.60. The molecule has 0 saturated heterocycles. The lowest BCUT2D eigenvalue weighted by Gasteiger charge is -2.16. The van der Waals surface area contributed by atoms with Gasteiger partial charge in [0.15, 0.2) is 11.5 Å². The fourth-order valence-electron chi connectivity index (χ4n) is 1.46. The highest BCUT2D eigenvalue weighted by molar-refractivity contribution is 6.32. The van der Waals surface area contributed by atoms with Crippen LogP contribution in [0.3, 0.4) is 0 Å². The molecule has 0 atom stereocenters. The van der Waals surface area contributed by atoms with Crippen LogP contribution in [0.2, 0.25) is 5.02 Å². The van der Waals surface area contributed by atoms with E-state index in [0.717, 1.165) is 6.54 Å². The first kappa shape index (κ1) is 15.6. The highest BCUT2D eigenvalue weighted by atomic mass is 35.5. The van der Waals surface area contributed by atoms with Crippen LogP contribution in [0.4, 0.5) is 0 Å². The molecule has 6 heteroatoms. The maximum atomic E-state index is 8.55. The maximum absolute atomic E-state index is 8.55. The van der Waals surface area contributed by atoms with Crippen molar-refractivity contribution in [3.05, 3.63) is 22.7 Å². The monoisotopic (exact) mass is 286 g/mol. The molecule has 0 radical (unpaired) electrons. The molecule has 5 nitrogen and oxygen atoms in total. The molecule has 0 fully saturated rings. The lowest BCUT2D eigenvalue weighted by Crippen LogP contribution is -2.19. The lowest BCUT2D eigenvalue weighted by molar-refractivity contribution is 0.244. The molecule has 0 unspecified atom stereocenters. The normalized spacial score (nSPS) is 11.2. The molecule has 0 saturated carbocycles. The van der Waals surface area contributed by atoms with Crippen LogP contribution < -0.4 is 9.47 Å². The van der Waals surface area contributed by atoms with E-state index in [-0.39, 0.29) is 0 Å². The zero-order valence-corrected chi connectivity index (χ0v) is 12.1. The van der Waals surface area contributed by atoms with Crippen molar-refractivity contribution in [2.75, 3.05) is 33.9 Å². The summed E-state index contributed by atoms with van der Waals surface area (Å²) in [5.41, 5.74) is 0.649. The molecule has 1 aromatic carbocycles. The van der Waals surface area contributed by atoms with Crippen LogP contribution in [0.15, 0.2) is 17.3 Å². The molecule has 0 aromatic heterocycles. The second-order valence-corrected chi connectivity index (χ2v) is 4.57. The van der Waals surface area contributed by atoms with Crippen molar-refractivity contribution >= 4 is 17.8 Å². The molecule has 0 aliphatic heterocycles. The van der Waals surface area contributed by atoms with Gasteiger partial charge in [-0.15, -0.1) is 0 Å². The summed E-state index contributed by atoms with van der Waals surface area (Å²) in [6, 6.07) is 3.38. The number of halogens is 1. The summed E-state index contributed by atoms with van der Waals surface area (Å²) in [6.45, 7) is 3.67. The number of oxime groups is 1. The average Bonchev–Trinajstić information content (AvgIpc) is 2.33. The lowest BCUT2D eigenvalue weighted by atomic mass is 10.2. The van der Waals surface area contributed by atoms with Crippen LogP contribution in [-0.2, 0) is 0 Å². The Hall–Kier alpha value is -1.46. The molecule has 0 spiro atoms. The van der Waals surface area contributed by atoms with Gasteiger partial charge >= 0.3 is 0 Å². The van der Waals surface area contributed by atoms with Crippen LogP contribution in [-0.4, -0.2) is 50.2 Å². The Morgan fingerprint density at radius 1 is 1.37 bits per heavy atom. The predicted octanol–water partition coefficient (Wildman–Crippen LogP) is 2.49. The standard InChI is InChI=1S/C13H19ClN2O3/c1-4-18-12-8-10(9-15-17)7-11(14)13(12)19-6-5-16(2)3/h7-9,17H,4-6H2,1-3H3. The highest BCUT2D eigenvalue weighted by Crippen LogP contribution is 2.36. The van der Waals surface area contributed by atoms with Crippen LogP contribution >= 0.6 is 11.6 Å². The van der Waals surface area contributed by atoms with E-state index in [4.69, 9.17) is 26.3 Å². The molecular weight excluding hydrogens is 268 g/mol. The summed E-state index contributed by atoms with van der Waals surface area (Å²) >= 11 is 6.16. The Labute approximate surface area is 118 Å². The van der Waals surface area contributed by atoms with E-state index in [9.17, 15) is 0 Å². The van der Waals surface area contributed by atoms with Crippen LogP contribution in [0, 0.1) is 0 Å². The number of hydrogen-bond acceptors (Lipinski definition) is 5. The molecule has 0 heterocycles. The first-order valence-electron chi connectivity index (χ1n) is 5.99. The van der Waals surface area contributed by atoms with E-state index < -0.39 is 0 Å². The van der Waals surface area contributed by atoms with Gasteiger partial charge in [-0.1, -0.05) is 16.8 Å². The predicted molar refractivity (Wildman–Crippen MR) is 76.1 cm³/mol. The molecule has 1 rings (SSSR count). The minimum Gasteiger partial charge on any atom is -0.490 e. The zero-order valence-electron chi connectivity index (χ0n) is 11.4. The quantitative estimate of drug-likeness (QED) is 0.475. The number of rotatable bonds is 7. The number of nitrogens with zero attached hydrogens (tertiary/aromatic N) is 2. The Bertz CT molecular complexity index is 436. The summed E-state index contributed by atoms with van der Waals surface area (Å²) < 4.78 is 11.2. The second-order valence-electron chi connectivity index (χ2n) is 4.16. The van der Waals surface area contributed by atoms with Crippen LogP contribution in [0.25, 0.3) is 0 Å². The minimum atomic E-state index is 0.430. The van der Waals surface area contributed by atoms with E-state index in [2.05, 4.69) is 5.16 Å². The van der Waals surface area contributed by atoms with Crippen molar-refractivity contribution in [2.45, 2.75) is 6.92 Å². The Morgan fingerprint density at radius 2 is 2.11 bits per heavy atom. The molecule has 106 valence electrons. The van der Waals surface area contributed by atoms with Crippen molar-refractivity contribution in [3.8, 4) is 11.5 Å². The maximum Gasteiger partial charge on any atom is 0.179 e. The summed E-state index contributed by atoms with van der Waals surface area (Å²) in [4.78, 5) is 2.01. The van der Waals surface area contributed by atoms with Crippen molar-refractivity contribution in [1.82, 2.24) is 4.90 Å². The first-order chi connectivity index (χ1) is 9.08. The van der Waals surface area contributed by atoms with E-state index in [1.165, 1.54) is 6.21 Å². The summed E-state index contributed by atoms with van der Waals surface area (Å²) in [6.07, 6.45) is 1.29. The molecule has 0 aliphatic rings. The Balaban J connectivity index is 2.93. The van der Waals surface area contributed by atoms with Gasteiger partial charge in [-0.05, 0) is 33.2 Å². The van der Waals surface area contributed by atoms with Gasteiger partial charge in [-0.2, -0.15) is 0 Å². The summed E-state index contributed by atoms with van der Waals surface area (Å²) in [7, 11) is 3.93. The first-order valence-corrected chi connectivity index (χ1v) is 6.37. The third kappa shape index (κ3) is 4.96. The third-order valence-electron chi connectivity index (χ3n) is 2.32. The van der Waals surface area contributed by atoms with Gasteiger partial charge in [0.1, 0.15) is 6.61 Å². The second kappa shape index (κ2) is 7.86. The van der Waals surface area contributed by atoms with Gasteiger partial charge in [0.25, 0.3) is 0 Å². The molecule has 0 aliphatic carbocycles. The Morgan fingerprint density at radius 3 is 2.68 bits per heavy atom. The largest absolute Gasteiger partial charge is 0.490 e. The van der Waals surface area contributed by atoms with Crippen molar-refractivity contribution in [2.24, 2.45) is 5.16 Å². The van der Waals surface area contributed by atoms with Crippen molar-refractivity contribution in [1.29, 1.82) is 0 Å². The zero-order chi connectivity index (χ0) is 14.3. The fourth-order valence-corrected chi connectivity index (χ4v) is 1.74. The Kier molecular flexibility index (Phi) is 6.45. The molecular formula is C13H19ClN2O3. The van der Waals surface area contributed by atoms with E-state index in [1.807, 2.05) is 25.9 Å². The van der Waals surface area contributed by atoms with Gasteiger partial charge < -0.3 is 19.6 Å². The molecule has 0 amide bonds. The van der Waals surface area contributed by atoms with Gasteiger partial charge in [0.05, 0.1) is 17.8 Å². The highest BCUT2D eigenvalue weighted by Gasteiger charge is 2.12. The van der Waals surface area contributed by atoms with Gasteiger partial charge in [0, 0.05) is 12.1 Å². The van der Waals surface area contributed by atoms with Crippen LogP contribution in [0.5, 0.6) is 11.5 Å². The number of ether oxygens (including phenoxy) is 2. The summed E-state index contributed by atoms with van der Waals surface area (Å²) in [5.74, 6) is 1.06. The molecule has 1 aromatic rings. The van der Waals surface area contributed by atoms with Gasteiger partial charge in [0.2, 0.25) is 0 Å². The topological polar surface area (TPSA) is 54.3 Å².